The number of piperidine rings is 1. The molecule has 9 heteroatoms. The number of carbonyl (C=O) groups is 2. The third kappa shape index (κ3) is 5.84. The molecule has 1 N–H and O–H groups in total. The van der Waals surface area contributed by atoms with Crippen LogP contribution in [0.15, 0.2) is 23.1 Å². The highest BCUT2D eigenvalue weighted by molar-refractivity contribution is 7.89. The molecular formula is C22H34N4O4S. The van der Waals surface area contributed by atoms with E-state index < -0.39 is 10.0 Å². The van der Waals surface area contributed by atoms with Gasteiger partial charge >= 0.3 is 0 Å². The molecule has 0 bridgehead atoms. The van der Waals surface area contributed by atoms with Gasteiger partial charge in [0.05, 0.1) is 11.4 Å². The maximum atomic E-state index is 13.2. The minimum absolute atomic E-state index is 0.0127. The highest BCUT2D eigenvalue weighted by Crippen LogP contribution is 2.24. The van der Waals surface area contributed by atoms with E-state index in [0.29, 0.717) is 51.4 Å². The van der Waals surface area contributed by atoms with Crippen LogP contribution < -0.4 is 5.32 Å². The van der Waals surface area contributed by atoms with E-state index in [0.717, 1.165) is 24.8 Å². The van der Waals surface area contributed by atoms with Crippen LogP contribution in [0.5, 0.6) is 0 Å². The highest BCUT2D eigenvalue weighted by Gasteiger charge is 2.29. The minimum Gasteiger partial charge on any atom is -0.353 e. The van der Waals surface area contributed by atoms with Gasteiger partial charge in [-0.15, -0.1) is 0 Å². The molecule has 2 amide bonds. The average Bonchev–Trinajstić information content (AvgIpc) is 2.74. The zero-order valence-electron chi connectivity index (χ0n) is 18.8. The molecule has 2 aliphatic heterocycles. The van der Waals surface area contributed by atoms with E-state index in [-0.39, 0.29) is 22.8 Å². The van der Waals surface area contributed by atoms with Crippen LogP contribution in [-0.2, 0) is 14.8 Å². The van der Waals surface area contributed by atoms with Crippen LogP contribution in [0.2, 0.25) is 0 Å². The van der Waals surface area contributed by atoms with Gasteiger partial charge in [0.15, 0.2) is 0 Å². The van der Waals surface area contributed by atoms with Gasteiger partial charge in [0.1, 0.15) is 0 Å². The Bertz CT molecular complexity index is 902. The zero-order chi connectivity index (χ0) is 22.6. The summed E-state index contributed by atoms with van der Waals surface area (Å²) in [6, 6.07) is 4.95. The van der Waals surface area contributed by atoms with Crippen LogP contribution in [0, 0.1) is 6.92 Å². The number of nitrogens with zero attached hydrogens (tertiary/aromatic N) is 3. The Balaban J connectivity index is 1.67. The summed E-state index contributed by atoms with van der Waals surface area (Å²) in [7, 11) is -3.59. The van der Waals surface area contributed by atoms with E-state index in [9.17, 15) is 18.0 Å². The van der Waals surface area contributed by atoms with Crippen molar-refractivity contribution < 1.29 is 18.0 Å². The predicted molar refractivity (Wildman–Crippen MR) is 119 cm³/mol. The summed E-state index contributed by atoms with van der Waals surface area (Å²) in [6.45, 7) is 9.32. The SMILES string of the molecule is Cc1ccc(S(=O)(=O)N2CCCCC2)cc1C(=O)N1CCN(CC(=O)NC(C)C)CC1. The Morgan fingerprint density at radius 3 is 2.26 bits per heavy atom. The fraction of sp³-hybridized carbons (Fsp3) is 0.636. The number of hydrogen-bond donors (Lipinski definition) is 1. The lowest BCUT2D eigenvalue weighted by atomic mass is 10.1. The van der Waals surface area contributed by atoms with Crippen LogP contribution in [0.4, 0.5) is 0 Å². The quantitative estimate of drug-likeness (QED) is 0.709. The van der Waals surface area contributed by atoms with Gasteiger partial charge in [0.2, 0.25) is 15.9 Å². The summed E-state index contributed by atoms with van der Waals surface area (Å²) in [5.41, 5.74) is 1.20. The first kappa shape index (κ1) is 23.7. The molecule has 0 saturated carbocycles. The molecule has 2 heterocycles. The molecule has 0 atom stereocenters. The molecule has 0 radical (unpaired) electrons. The average molecular weight is 451 g/mol. The van der Waals surface area contributed by atoms with Crippen molar-refractivity contribution >= 4 is 21.8 Å². The predicted octanol–water partition coefficient (Wildman–Crippen LogP) is 1.45. The first-order valence-corrected chi connectivity index (χ1v) is 12.5. The molecule has 0 unspecified atom stereocenters. The number of benzene rings is 1. The van der Waals surface area contributed by atoms with Gasteiger partial charge in [-0.1, -0.05) is 12.5 Å². The molecule has 2 aliphatic rings. The standard InChI is InChI=1S/C22H34N4O4S/c1-17(2)23-21(27)16-24-11-13-25(14-12-24)22(28)20-15-19(8-7-18(20)3)31(29,30)26-9-5-4-6-10-26/h7-8,15,17H,4-6,9-14,16H2,1-3H3,(H,23,27). The molecule has 1 aromatic carbocycles. The summed E-state index contributed by atoms with van der Waals surface area (Å²) in [5, 5.41) is 2.88. The van der Waals surface area contributed by atoms with Gasteiger partial charge in [0, 0.05) is 50.9 Å². The first-order valence-electron chi connectivity index (χ1n) is 11.1. The van der Waals surface area contributed by atoms with Crippen LogP contribution >= 0.6 is 0 Å². The molecule has 0 aliphatic carbocycles. The van der Waals surface area contributed by atoms with Crippen LogP contribution in [0.1, 0.15) is 49.0 Å². The lowest BCUT2D eigenvalue weighted by Gasteiger charge is -2.34. The fourth-order valence-corrected chi connectivity index (χ4v) is 5.64. The smallest absolute Gasteiger partial charge is 0.254 e. The number of piperazine rings is 1. The second-order valence-electron chi connectivity index (χ2n) is 8.73. The molecule has 2 saturated heterocycles. The number of carbonyl (C=O) groups excluding carboxylic acids is 2. The Hall–Kier alpha value is -1.97. The monoisotopic (exact) mass is 450 g/mol. The van der Waals surface area contributed by atoms with Gasteiger partial charge in [-0.05, 0) is 51.3 Å². The molecule has 1 aromatic rings. The summed E-state index contributed by atoms with van der Waals surface area (Å²) in [6.07, 6.45) is 2.79. The van der Waals surface area contributed by atoms with Crippen LogP contribution in [-0.4, -0.2) is 86.2 Å². The molecule has 172 valence electrons. The van der Waals surface area contributed by atoms with Crippen molar-refractivity contribution in [3.8, 4) is 0 Å². The topological polar surface area (TPSA) is 90.0 Å². The third-order valence-electron chi connectivity index (χ3n) is 5.87. The normalized spacial score (nSPS) is 18.9. The van der Waals surface area contributed by atoms with E-state index in [2.05, 4.69) is 5.32 Å². The number of amides is 2. The molecule has 0 aromatic heterocycles. The number of hydrogen-bond acceptors (Lipinski definition) is 5. The van der Waals surface area contributed by atoms with Crippen molar-refractivity contribution in [3.63, 3.8) is 0 Å². The number of rotatable bonds is 6. The van der Waals surface area contributed by atoms with Crippen molar-refractivity contribution in [2.24, 2.45) is 0 Å². The Morgan fingerprint density at radius 1 is 1.00 bits per heavy atom. The Morgan fingerprint density at radius 2 is 1.65 bits per heavy atom. The van der Waals surface area contributed by atoms with Gasteiger partial charge < -0.3 is 10.2 Å². The number of aryl methyl sites for hydroxylation is 1. The van der Waals surface area contributed by atoms with Gasteiger partial charge in [-0.3, -0.25) is 14.5 Å². The van der Waals surface area contributed by atoms with Crippen molar-refractivity contribution in [1.29, 1.82) is 0 Å². The highest BCUT2D eigenvalue weighted by atomic mass is 32.2. The zero-order valence-corrected chi connectivity index (χ0v) is 19.6. The molecular weight excluding hydrogens is 416 g/mol. The molecule has 2 fully saturated rings. The summed E-state index contributed by atoms with van der Waals surface area (Å²) in [5.74, 6) is -0.166. The Kier molecular flexibility index (Phi) is 7.72. The van der Waals surface area contributed by atoms with Crippen LogP contribution in [0.25, 0.3) is 0 Å². The van der Waals surface area contributed by atoms with Gasteiger partial charge in [0.25, 0.3) is 5.91 Å². The lowest BCUT2D eigenvalue weighted by Crippen LogP contribution is -2.51. The first-order chi connectivity index (χ1) is 14.7. The van der Waals surface area contributed by atoms with Crippen molar-refractivity contribution in [3.05, 3.63) is 29.3 Å². The lowest BCUT2D eigenvalue weighted by molar-refractivity contribution is -0.123. The second kappa shape index (κ2) is 10.1. The number of sulfonamides is 1. The maximum absolute atomic E-state index is 13.2. The molecule has 8 nitrogen and oxygen atoms in total. The van der Waals surface area contributed by atoms with E-state index in [1.54, 1.807) is 17.0 Å². The molecule has 31 heavy (non-hydrogen) atoms. The van der Waals surface area contributed by atoms with E-state index in [1.807, 2.05) is 25.7 Å². The second-order valence-corrected chi connectivity index (χ2v) is 10.7. The maximum Gasteiger partial charge on any atom is 0.254 e. The minimum atomic E-state index is -3.59. The summed E-state index contributed by atoms with van der Waals surface area (Å²) < 4.78 is 27.6. The molecule has 3 rings (SSSR count). The van der Waals surface area contributed by atoms with Gasteiger partial charge in [-0.2, -0.15) is 4.31 Å². The van der Waals surface area contributed by atoms with E-state index >= 15 is 0 Å². The van der Waals surface area contributed by atoms with E-state index in [4.69, 9.17) is 0 Å². The van der Waals surface area contributed by atoms with Crippen LogP contribution in [0.3, 0.4) is 0 Å². The molecule has 0 spiro atoms. The third-order valence-corrected chi connectivity index (χ3v) is 7.76. The van der Waals surface area contributed by atoms with Crippen molar-refractivity contribution in [2.75, 3.05) is 45.8 Å². The summed E-state index contributed by atoms with van der Waals surface area (Å²) in [4.78, 5) is 29.1. The van der Waals surface area contributed by atoms with Gasteiger partial charge in [-0.25, -0.2) is 8.42 Å². The summed E-state index contributed by atoms with van der Waals surface area (Å²) >= 11 is 0. The van der Waals surface area contributed by atoms with E-state index in [1.165, 1.54) is 10.4 Å². The van der Waals surface area contributed by atoms with Crippen molar-refractivity contribution in [1.82, 2.24) is 19.4 Å². The van der Waals surface area contributed by atoms with Crippen molar-refractivity contribution in [2.45, 2.75) is 51.0 Å². The Labute approximate surface area is 185 Å². The largest absolute Gasteiger partial charge is 0.353 e. The number of nitrogens with one attached hydrogen (secondary N) is 1. The fourth-order valence-electron chi connectivity index (χ4n) is 4.10.